The highest BCUT2D eigenvalue weighted by atomic mass is 16.5. The number of hydrogen-bond donors (Lipinski definition) is 2. The van der Waals surface area contributed by atoms with E-state index in [0.717, 1.165) is 67.7 Å². The second-order valence-corrected chi connectivity index (χ2v) is 8.42. The van der Waals surface area contributed by atoms with Gasteiger partial charge in [0.2, 0.25) is 0 Å². The maximum absolute atomic E-state index is 12.0. The Kier molecular flexibility index (Phi) is 5.96. The SMILES string of the molecule is COc1ccccc1N1CCN(CCNN2CC3=C(NCC(=O)C3)c3cccnc32)CC1. The number of rotatable bonds is 6. The number of nitrogens with zero attached hydrogens (tertiary/aromatic N) is 4. The molecule has 0 aliphatic carbocycles. The third-order valence-corrected chi connectivity index (χ3v) is 6.42. The monoisotopic (exact) mass is 434 g/mol. The minimum absolute atomic E-state index is 0.240. The van der Waals surface area contributed by atoms with Crippen LogP contribution in [-0.4, -0.2) is 75.1 Å². The Morgan fingerprint density at radius 3 is 2.81 bits per heavy atom. The van der Waals surface area contributed by atoms with Crippen molar-refractivity contribution in [3.05, 3.63) is 53.7 Å². The van der Waals surface area contributed by atoms with E-state index in [1.807, 2.05) is 24.4 Å². The van der Waals surface area contributed by atoms with Crippen molar-refractivity contribution in [2.45, 2.75) is 6.42 Å². The molecular formula is C24H30N6O2. The lowest BCUT2D eigenvalue weighted by molar-refractivity contribution is -0.117. The number of aromatic nitrogens is 1. The van der Waals surface area contributed by atoms with E-state index in [4.69, 9.17) is 4.74 Å². The molecule has 1 aromatic carbocycles. The largest absolute Gasteiger partial charge is 0.495 e. The molecule has 0 bridgehead atoms. The number of hydrazine groups is 1. The maximum Gasteiger partial charge on any atom is 0.156 e. The standard InChI is InChI=1S/C24H30N6O2/c1-32-22-7-3-2-6-21(22)29-13-11-28(12-14-29)10-9-27-30-17-18-15-19(31)16-26-23(18)20-5-4-8-25-24(20)30/h2-8,26-27H,9-17H2,1H3. The Balaban J connectivity index is 1.16. The third kappa shape index (κ3) is 4.16. The highest BCUT2D eigenvalue weighted by Gasteiger charge is 2.29. The first-order valence-corrected chi connectivity index (χ1v) is 11.3. The normalized spacial score (nSPS) is 18.8. The Morgan fingerprint density at radius 1 is 1.12 bits per heavy atom. The molecule has 2 aromatic rings. The summed E-state index contributed by atoms with van der Waals surface area (Å²) in [7, 11) is 1.73. The molecule has 1 saturated heterocycles. The van der Waals surface area contributed by atoms with Crippen molar-refractivity contribution in [2.75, 3.05) is 69.4 Å². The minimum Gasteiger partial charge on any atom is -0.495 e. The van der Waals surface area contributed by atoms with Crippen LogP contribution in [0.15, 0.2) is 48.2 Å². The fourth-order valence-corrected chi connectivity index (χ4v) is 4.77. The first kappa shape index (κ1) is 20.8. The lowest BCUT2D eigenvalue weighted by Crippen LogP contribution is -2.51. The average Bonchev–Trinajstić information content (AvgIpc) is 2.84. The molecule has 1 fully saturated rings. The van der Waals surface area contributed by atoms with E-state index in [0.29, 0.717) is 19.5 Å². The molecule has 8 nitrogen and oxygen atoms in total. The van der Waals surface area contributed by atoms with Crippen LogP contribution in [0.5, 0.6) is 5.75 Å². The van der Waals surface area contributed by atoms with Crippen LogP contribution in [0.2, 0.25) is 0 Å². The fourth-order valence-electron chi connectivity index (χ4n) is 4.77. The molecule has 0 radical (unpaired) electrons. The summed E-state index contributed by atoms with van der Waals surface area (Å²) in [6, 6.07) is 12.2. The number of anilines is 2. The number of para-hydroxylation sites is 2. The molecule has 0 saturated carbocycles. The van der Waals surface area contributed by atoms with Gasteiger partial charge in [0, 0.05) is 63.1 Å². The van der Waals surface area contributed by atoms with Gasteiger partial charge in [0.25, 0.3) is 0 Å². The summed E-state index contributed by atoms with van der Waals surface area (Å²) in [6.45, 7) is 6.87. The molecule has 8 heteroatoms. The minimum atomic E-state index is 0.240. The number of piperazine rings is 1. The number of fused-ring (bicyclic) bond motifs is 2. The molecule has 0 atom stereocenters. The van der Waals surface area contributed by atoms with Crippen LogP contribution in [0.1, 0.15) is 12.0 Å². The van der Waals surface area contributed by atoms with Crippen LogP contribution < -0.4 is 25.4 Å². The number of ether oxygens (including phenoxy) is 1. The Labute approximate surface area is 188 Å². The van der Waals surface area contributed by atoms with Crippen LogP contribution in [0.4, 0.5) is 11.5 Å². The van der Waals surface area contributed by atoms with Gasteiger partial charge in [-0.2, -0.15) is 0 Å². The summed E-state index contributed by atoms with van der Waals surface area (Å²) in [5.74, 6) is 2.10. The van der Waals surface area contributed by atoms with Crippen molar-refractivity contribution in [3.63, 3.8) is 0 Å². The zero-order chi connectivity index (χ0) is 21.9. The zero-order valence-corrected chi connectivity index (χ0v) is 18.5. The van der Waals surface area contributed by atoms with Crippen LogP contribution >= 0.6 is 0 Å². The number of carbonyl (C=O) groups is 1. The van der Waals surface area contributed by atoms with Crippen LogP contribution in [0.25, 0.3) is 5.70 Å². The Bertz CT molecular complexity index is 1020. The van der Waals surface area contributed by atoms with Gasteiger partial charge >= 0.3 is 0 Å². The maximum atomic E-state index is 12.0. The van der Waals surface area contributed by atoms with Gasteiger partial charge in [-0.15, -0.1) is 0 Å². The molecule has 5 rings (SSSR count). The molecule has 32 heavy (non-hydrogen) atoms. The summed E-state index contributed by atoms with van der Waals surface area (Å²) in [4.78, 5) is 21.4. The summed E-state index contributed by atoms with van der Waals surface area (Å²) in [5.41, 5.74) is 8.02. The number of hydrogen-bond acceptors (Lipinski definition) is 8. The molecule has 0 unspecified atom stereocenters. The van der Waals surface area contributed by atoms with Crippen LogP contribution in [0, 0.1) is 0 Å². The van der Waals surface area contributed by atoms with E-state index in [1.54, 1.807) is 7.11 Å². The van der Waals surface area contributed by atoms with E-state index in [1.165, 1.54) is 5.69 Å². The summed E-state index contributed by atoms with van der Waals surface area (Å²) in [6.07, 6.45) is 2.34. The van der Waals surface area contributed by atoms with Gasteiger partial charge < -0.3 is 15.0 Å². The summed E-state index contributed by atoms with van der Waals surface area (Å²) >= 11 is 0. The van der Waals surface area contributed by atoms with E-state index in [2.05, 4.69) is 48.7 Å². The van der Waals surface area contributed by atoms with E-state index in [9.17, 15) is 4.79 Å². The van der Waals surface area contributed by atoms with Crippen molar-refractivity contribution in [1.29, 1.82) is 0 Å². The molecule has 1 aromatic heterocycles. The van der Waals surface area contributed by atoms with Crippen molar-refractivity contribution >= 4 is 23.0 Å². The number of pyridine rings is 1. The number of nitrogens with one attached hydrogen (secondary N) is 2. The second kappa shape index (κ2) is 9.18. The Hall–Kier alpha value is -3.10. The van der Waals surface area contributed by atoms with Gasteiger partial charge in [-0.3, -0.25) is 14.7 Å². The number of Topliss-reactive ketones (excluding diaryl/α,β-unsaturated/α-hetero) is 1. The Morgan fingerprint density at radius 2 is 1.97 bits per heavy atom. The summed E-state index contributed by atoms with van der Waals surface area (Å²) < 4.78 is 5.52. The van der Waals surface area contributed by atoms with Gasteiger partial charge in [0.05, 0.1) is 25.9 Å². The molecule has 4 heterocycles. The predicted molar refractivity (Wildman–Crippen MR) is 126 cm³/mol. The average molecular weight is 435 g/mol. The quantitative estimate of drug-likeness (QED) is 0.709. The van der Waals surface area contributed by atoms with Gasteiger partial charge in [-0.05, 0) is 29.8 Å². The lowest BCUT2D eigenvalue weighted by Gasteiger charge is -2.38. The van der Waals surface area contributed by atoms with Crippen LogP contribution in [0.3, 0.4) is 0 Å². The number of benzene rings is 1. The molecule has 3 aliphatic rings. The second-order valence-electron chi connectivity index (χ2n) is 8.42. The molecule has 0 spiro atoms. The van der Waals surface area contributed by atoms with Crippen molar-refractivity contribution < 1.29 is 9.53 Å². The van der Waals surface area contributed by atoms with Crippen molar-refractivity contribution in [1.82, 2.24) is 20.6 Å². The summed E-state index contributed by atoms with van der Waals surface area (Å²) in [5, 5.41) is 5.39. The smallest absolute Gasteiger partial charge is 0.156 e. The molecular weight excluding hydrogens is 404 g/mol. The van der Waals surface area contributed by atoms with E-state index >= 15 is 0 Å². The highest BCUT2D eigenvalue weighted by molar-refractivity contribution is 5.92. The number of methoxy groups -OCH3 is 1. The zero-order valence-electron chi connectivity index (χ0n) is 18.5. The molecule has 0 amide bonds. The first-order chi connectivity index (χ1) is 15.7. The van der Waals surface area contributed by atoms with Gasteiger partial charge in [-0.1, -0.05) is 12.1 Å². The highest BCUT2D eigenvalue weighted by Crippen LogP contribution is 2.33. The van der Waals surface area contributed by atoms with Gasteiger partial charge in [0.1, 0.15) is 5.75 Å². The number of carbonyl (C=O) groups excluding carboxylic acids is 1. The van der Waals surface area contributed by atoms with Crippen molar-refractivity contribution in [3.8, 4) is 5.75 Å². The van der Waals surface area contributed by atoms with Gasteiger partial charge in [-0.25, -0.2) is 10.4 Å². The fraction of sp³-hybridized carbons (Fsp3) is 0.417. The molecule has 3 aliphatic heterocycles. The van der Waals surface area contributed by atoms with E-state index < -0.39 is 0 Å². The topological polar surface area (TPSA) is 73.0 Å². The molecule has 2 N–H and O–H groups in total. The molecule has 168 valence electrons. The van der Waals surface area contributed by atoms with Gasteiger partial charge in [0.15, 0.2) is 11.6 Å². The van der Waals surface area contributed by atoms with Crippen LogP contribution in [-0.2, 0) is 4.79 Å². The first-order valence-electron chi connectivity index (χ1n) is 11.3. The van der Waals surface area contributed by atoms with E-state index in [-0.39, 0.29) is 5.78 Å². The number of ketones is 1. The predicted octanol–water partition coefficient (Wildman–Crippen LogP) is 1.51. The third-order valence-electron chi connectivity index (χ3n) is 6.42. The lowest BCUT2D eigenvalue weighted by atomic mass is 9.95. The van der Waals surface area contributed by atoms with Crippen molar-refractivity contribution in [2.24, 2.45) is 0 Å².